The highest BCUT2D eigenvalue weighted by Gasteiger charge is 2.24. The number of hydrogen-bond donors (Lipinski definition) is 1. The summed E-state index contributed by atoms with van der Waals surface area (Å²) >= 11 is 0. The lowest BCUT2D eigenvalue weighted by Gasteiger charge is -2.25. The van der Waals surface area contributed by atoms with Gasteiger partial charge in [-0.25, -0.2) is 0 Å². The molecule has 150 valence electrons. The van der Waals surface area contributed by atoms with Crippen molar-refractivity contribution in [2.45, 2.75) is 25.3 Å². The van der Waals surface area contributed by atoms with Crippen molar-refractivity contribution in [2.24, 2.45) is 0 Å². The van der Waals surface area contributed by atoms with E-state index in [1.165, 1.54) is 0 Å². The smallest absolute Gasteiger partial charge is 0.252 e. The number of nitrogens with zero attached hydrogens (tertiary/aromatic N) is 2. The van der Waals surface area contributed by atoms with Gasteiger partial charge in [0.2, 0.25) is 0 Å². The fourth-order valence-corrected chi connectivity index (χ4v) is 4.17. The molecular formula is C24H27N3O2. The molecule has 1 aromatic heterocycles. The first-order valence-electron chi connectivity index (χ1n) is 10.1. The highest BCUT2D eigenvalue weighted by molar-refractivity contribution is 6.07. The zero-order valence-electron chi connectivity index (χ0n) is 17.2. The van der Waals surface area contributed by atoms with E-state index in [1.807, 2.05) is 50.5 Å². The molecule has 1 unspecified atom stereocenters. The first-order chi connectivity index (χ1) is 14.1. The minimum Gasteiger partial charge on any atom is -0.497 e. The van der Waals surface area contributed by atoms with Crippen molar-refractivity contribution in [1.29, 1.82) is 0 Å². The predicted molar refractivity (Wildman–Crippen MR) is 116 cm³/mol. The average molecular weight is 389 g/mol. The van der Waals surface area contributed by atoms with Crippen molar-refractivity contribution in [3.05, 3.63) is 70.9 Å². The third-order valence-electron chi connectivity index (χ3n) is 5.73. The van der Waals surface area contributed by atoms with Gasteiger partial charge < -0.3 is 15.0 Å². The third-order valence-corrected chi connectivity index (χ3v) is 5.73. The van der Waals surface area contributed by atoms with Crippen molar-refractivity contribution in [1.82, 2.24) is 15.2 Å². The molecule has 0 saturated heterocycles. The number of carbonyl (C=O) groups excluding carboxylic acids is 1. The molecule has 0 bridgehead atoms. The number of pyridine rings is 1. The minimum absolute atomic E-state index is 0.0119. The van der Waals surface area contributed by atoms with E-state index < -0.39 is 0 Å². The van der Waals surface area contributed by atoms with Crippen LogP contribution in [0.4, 0.5) is 0 Å². The molecule has 1 aliphatic rings. The molecule has 1 N–H and O–H groups in total. The second-order valence-electron chi connectivity index (χ2n) is 7.75. The van der Waals surface area contributed by atoms with E-state index in [4.69, 9.17) is 9.72 Å². The van der Waals surface area contributed by atoms with Gasteiger partial charge in [-0.1, -0.05) is 30.3 Å². The quantitative estimate of drug-likeness (QED) is 0.697. The Morgan fingerprint density at radius 1 is 1.14 bits per heavy atom. The molecule has 0 aliphatic heterocycles. The van der Waals surface area contributed by atoms with Gasteiger partial charge in [0.1, 0.15) is 5.75 Å². The van der Waals surface area contributed by atoms with Crippen molar-refractivity contribution >= 4 is 16.8 Å². The van der Waals surface area contributed by atoms with Gasteiger partial charge in [0.25, 0.3) is 5.91 Å². The van der Waals surface area contributed by atoms with Crippen molar-refractivity contribution < 1.29 is 9.53 Å². The van der Waals surface area contributed by atoms with Crippen molar-refractivity contribution in [2.75, 3.05) is 27.7 Å². The number of fused-ring (bicyclic) bond motifs is 2. The molecule has 1 atom stereocenters. The lowest BCUT2D eigenvalue weighted by molar-refractivity contribution is 0.0942. The lowest BCUT2D eigenvalue weighted by Crippen LogP contribution is -2.35. The number of benzene rings is 2. The number of nitrogens with one attached hydrogen (secondary N) is 1. The highest BCUT2D eigenvalue weighted by Crippen LogP contribution is 2.30. The number of para-hydroxylation sites is 1. The number of amides is 1. The Morgan fingerprint density at radius 2 is 1.90 bits per heavy atom. The summed E-state index contributed by atoms with van der Waals surface area (Å²) in [6.45, 7) is 0.531. The number of likely N-dealkylation sites (N-methyl/N-ethyl adjacent to an activating group) is 1. The zero-order valence-corrected chi connectivity index (χ0v) is 17.2. The van der Waals surface area contributed by atoms with E-state index in [2.05, 4.69) is 22.3 Å². The fourth-order valence-electron chi connectivity index (χ4n) is 4.17. The zero-order chi connectivity index (χ0) is 20.4. The Labute approximate surface area is 171 Å². The second kappa shape index (κ2) is 8.21. The van der Waals surface area contributed by atoms with Gasteiger partial charge in [-0.3, -0.25) is 9.78 Å². The van der Waals surface area contributed by atoms with Gasteiger partial charge in [-0.05, 0) is 62.7 Å². The Bertz CT molecular complexity index is 1030. The molecule has 0 saturated carbocycles. The molecule has 0 spiro atoms. The van der Waals surface area contributed by atoms with Crippen LogP contribution in [0.2, 0.25) is 0 Å². The number of carbonyl (C=O) groups is 1. The largest absolute Gasteiger partial charge is 0.497 e. The minimum atomic E-state index is -0.0119. The second-order valence-corrected chi connectivity index (χ2v) is 7.75. The molecular weight excluding hydrogens is 362 g/mol. The van der Waals surface area contributed by atoms with Gasteiger partial charge in [-0.15, -0.1) is 0 Å². The van der Waals surface area contributed by atoms with Crippen LogP contribution >= 0.6 is 0 Å². The standard InChI is InChI=1S/C24H27N3O2/c1-27(2)22(16-11-13-17(29-3)14-12-16)15-25-24(28)23-18-7-4-5-9-20(18)26-21-10-6-8-19(21)23/h4-5,7,9,11-14,22H,6,8,10,15H2,1-3H3,(H,25,28). The van der Waals surface area contributed by atoms with Crippen LogP contribution < -0.4 is 10.1 Å². The number of aromatic nitrogens is 1. The summed E-state index contributed by atoms with van der Waals surface area (Å²) in [6, 6.07) is 16.0. The molecule has 4 rings (SSSR count). The van der Waals surface area contributed by atoms with Crippen LogP contribution in [0.15, 0.2) is 48.5 Å². The molecule has 29 heavy (non-hydrogen) atoms. The maximum Gasteiger partial charge on any atom is 0.252 e. The van der Waals surface area contributed by atoms with Crippen molar-refractivity contribution in [3.8, 4) is 5.75 Å². The van der Waals surface area contributed by atoms with Crippen LogP contribution in [0, 0.1) is 0 Å². The Balaban J connectivity index is 1.60. The van der Waals surface area contributed by atoms with E-state index in [-0.39, 0.29) is 11.9 Å². The van der Waals surface area contributed by atoms with Gasteiger partial charge >= 0.3 is 0 Å². The number of ether oxygens (including phenoxy) is 1. The Kier molecular flexibility index (Phi) is 5.49. The van der Waals surface area contributed by atoms with Gasteiger partial charge in [0.05, 0.1) is 24.2 Å². The predicted octanol–water partition coefficient (Wildman–Crippen LogP) is 3.76. The van der Waals surface area contributed by atoms with Crippen LogP contribution in [0.5, 0.6) is 5.75 Å². The highest BCUT2D eigenvalue weighted by atomic mass is 16.5. The van der Waals surface area contributed by atoms with E-state index in [9.17, 15) is 4.79 Å². The molecule has 1 amide bonds. The summed E-state index contributed by atoms with van der Waals surface area (Å²) in [5, 5.41) is 4.13. The topological polar surface area (TPSA) is 54.5 Å². The van der Waals surface area contributed by atoms with Crippen LogP contribution in [0.25, 0.3) is 10.9 Å². The monoisotopic (exact) mass is 389 g/mol. The van der Waals surface area contributed by atoms with Gasteiger partial charge in [0.15, 0.2) is 0 Å². The van der Waals surface area contributed by atoms with Crippen molar-refractivity contribution in [3.63, 3.8) is 0 Å². The number of rotatable bonds is 6. The summed E-state index contributed by atoms with van der Waals surface area (Å²) in [7, 11) is 5.72. The molecule has 0 fully saturated rings. The maximum atomic E-state index is 13.3. The van der Waals surface area contributed by atoms with Crippen LogP contribution in [-0.2, 0) is 12.8 Å². The Hall–Kier alpha value is -2.92. The maximum absolute atomic E-state index is 13.3. The molecule has 1 heterocycles. The van der Waals surface area contributed by atoms with Gasteiger partial charge in [-0.2, -0.15) is 0 Å². The van der Waals surface area contributed by atoms with E-state index in [0.29, 0.717) is 6.54 Å². The fraction of sp³-hybridized carbons (Fsp3) is 0.333. The number of aryl methyl sites for hydroxylation is 1. The summed E-state index contributed by atoms with van der Waals surface area (Å²) in [6.07, 6.45) is 2.93. The summed E-state index contributed by atoms with van der Waals surface area (Å²) in [5.41, 5.74) is 5.04. The molecule has 5 nitrogen and oxygen atoms in total. The summed E-state index contributed by atoms with van der Waals surface area (Å²) in [5.74, 6) is 0.816. The molecule has 3 aromatic rings. The number of hydrogen-bond acceptors (Lipinski definition) is 4. The molecule has 5 heteroatoms. The van der Waals surface area contributed by atoms with Crippen LogP contribution in [0.1, 0.15) is 39.6 Å². The first-order valence-corrected chi connectivity index (χ1v) is 10.1. The van der Waals surface area contributed by atoms with Gasteiger partial charge in [0, 0.05) is 17.6 Å². The number of methoxy groups -OCH3 is 1. The summed E-state index contributed by atoms with van der Waals surface area (Å²) in [4.78, 5) is 20.2. The van der Waals surface area contributed by atoms with E-state index in [1.54, 1.807) is 7.11 Å². The molecule has 0 radical (unpaired) electrons. The third kappa shape index (κ3) is 3.83. The van der Waals surface area contributed by atoms with E-state index in [0.717, 1.165) is 58.3 Å². The normalized spacial score (nSPS) is 14.1. The van der Waals surface area contributed by atoms with Crippen LogP contribution in [0.3, 0.4) is 0 Å². The molecule has 2 aromatic carbocycles. The average Bonchev–Trinajstić information content (AvgIpc) is 3.20. The first kappa shape index (κ1) is 19.4. The van der Waals surface area contributed by atoms with E-state index >= 15 is 0 Å². The summed E-state index contributed by atoms with van der Waals surface area (Å²) < 4.78 is 5.26. The SMILES string of the molecule is COc1ccc(C(CNC(=O)c2c3c(nc4ccccc24)CCC3)N(C)C)cc1. The lowest BCUT2D eigenvalue weighted by atomic mass is 10.00. The van der Waals surface area contributed by atoms with Crippen LogP contribution in [-0.4, -0.2) is 43.5 Å². The molecule has 1 aliphatic carbocycles. The Morgan fingerprint density at radius 3 is 2.62 bits per heavy atom.